The van der Waals surface area contributed by atoms with Gasteiger partial charge in [0.25, 0.3) is 0 Å². The van der Waals surface area contributed by atoms with Gasteiger partial charge < -0.3 is 14.8 Å². The van der Waals surface area contributed by atoms with E-state index in [9.17, 15) is 9.18 Å². The van der Waals surface area contributed by atoms with Crippen LogP contribution < -0.4 is 10.1 Å². The fraction of sp³-hybridized carbons (Fsp3) is 0.435. The van der Waals surface area contributed by atoms with Crippen LogP contribution in [0.15, 0.2) is 42.5 Å². The van der Waals surface area contributed by atoms with Crippen LogP contribution in [-0.2, 0) is 9.53 Å². The zero-order chi connectivity index (χ0) is 21.2. The monoisotopic (exact) mass is 419 g/mol. The molecule has 1 aliphatic rings. The summed E-state index contributed by atoms with van der Waals surface area (Å²) in [5.74, 6) is -0.103. The van der Waals surface area contributed by atoms with Gasteiger partial charge in [-0.1, -0.05) is 37.6 Å². The average molecular weight is 420 g/mol. The van der Waals surface area contributed by atoms with E-state index in [0.29, 0.717) is 29.2 Å². The van der Waals surface area contributed by atoms with E-state index in [0.717, 1.165) is 5.56 Å². The van der Waals surface area contributed by atoms with Crippen LogP contribution in [0.1, 0.15) is 56.9 Å². The van der Waals surface area contributed by atoms with Gasteiger partial charge >= 0.3 is 0 Å². The second-order valence-corrected chi connectivity index (χ2v) is 8.60. The maximum atomic E-state index is 14.8. The summed E-state index contributed by atoms with van der Waals surface area (Å²) < 4.78 is 26.2. The first-order chi connectivity index (χ1) is 13.7. The zero-order valence-corrected chi connectivity index (χ0v) is 17.9. The van der Waals surface area contributed by atoms with Gasteiger partial charge in [-0.25, -0.2) is 4.39 Å². The zero-order valence-electron chi connectivity index (χ0n) is 17.2. The molecular weight excluding hydrogens is 393 g/mol. The summed E-state index contributed by atoms with van der Waals surface area (Å²) in [6.07, 6.45) is 0.248. The number of nitrogens with one attached hydrogen (secondary N) is 1. The Hall–Kier alpha value is -2.11. The summed E-state index contributed by atoms with van der Waals surface area (Å²) in [6.45, 7) is 5.71. The molecule has 0 radical (unpaired) electrons. The van der Waals surface area contributed by atoms with Gasteiger partial charge in [0.2, 0.25) is 5.91 Å². The number of ether oxygens (including phenoxy) is 2. The van der Waals surface area contributed by atoms with E-state index in [2.05, 4.69) is 5.32 Å². The molecule has 2 aromatic rings. The van der Waals surface area contributed by atoms with Crippen molar-refractivity contribution in [3.63, 3.8) is 0 Å². The van der Waals surface area contributed by atoms with Gasteiger partial charge in [0.15, 0.2) is 0 Å². The van der Waals surface area contributed by atoms with Gasteiger partial charge in [-0.15, -0.1) is 0 Å². The molecule has 1 fully saturated rings. The van der Waals surface area contributed by atoms with Crippen LogP contribution in [0.5, 0.6) is 5.75 Å². The minimum absolute atomic E-state index is 0.0294. The van der Waals surface area contributed by atoms with Crippen LogP contribution in [0.3, 0.4) is 0 Å². The van der Waals surface area contributed by atoms with Crippen molar-refractivity contribution < 1.29 is 18.7 Å². The first-order valence-corrected chi connectivity index (χ1v) is 10.1. The summed E-state index contributed by atoms with van der Waals surface area (Å²) in [7, 11) is 1.50. The molecule has 1 N–H and O–H groups in total. The lowest BCUT2D eigenvalue weighted by atomic mass is 9.81. The van der Waals surface area contributed by atoms with Gasteiger partial charge in [0.05, 0.1) is 19.3 Å². The normalized spacial score (nSPS) is 24.4. The molecule has 0 spiro atoms. The molecule has 29 heavy (non-hydrogen) atoms. The van der Waals surface area contributed by atoms with Crippen molar-refractivity contribution in [1.82, 2.24) is 5.32 Å². The molecule has 0 aromatic heterocycles. The summed E-state index contributed by atoms with van der Waals surface area (Å²) in [5, 5.41) is 3.79. The highest BCUT2D eigenvalue weighted by Crippen LogP contribution is 2.44. The Bertz CT molecular complexity index is 871. The molecule has 0 saturated carbocycles. The van der Waals surface area contributed by atoms with Crippen LogP contribution >= 0.6 is 11.6 Å². The van der Waals surface area contributed by atoms with Crippen LogP contribution in [-0.4, -0.2) is 18.6 Å². The summed E-state index contributed by atoms with van der Waals surface area (Å²) in [6, 6.07) is 12.2. The smallest absolute Gasteiger partial charge is 0.222 e. The highest BCUT2D eigenvalue weighted by molar-refractivity contribution is 6.30. The van der Waals surface area contributed by atoms with Crippen molar-refractivity contribution in [2.75, 3.05) is 7.11 Å². The molecule has 156 valence electrons. The Labute approximate surface area is 176 Å². The molecular formula is C23H27ClFNO3. The van der Waals surface area contributed by atoms with Crippen LogP contribution in [0.25, 0.3) is 0 Å². The minimum atomic E-state index is -0.541. The first-order valence-electron chi connectivity index (χ1n) is 9.77. The second kappa shape index (κ2) is 8.72. The molecule has 2 aromatic carbocycles. The summed E-state index contributed by atoms with van der Waals surface area (Å²) in [4.78, 5) is 12.4. The molecule has 3 rings (SSSR count). The Morgan fingerprint density at radius 2 is 1.86 bits per heavy atom. The quantitative estimate of drug-likeness (QED) is 0.685. The summed E-state index contributed by atoms with van der Waals surface area (Å²) >= 11 is 6.02. The lowest BCUT2D eigenvalue weighted by molar-refractivity contribution is -0.131. The van der Waals surface area contributed by atoms with Crippen molar-refractivity contribution in [3.05, 3.63) is 64.4 Å². The predicted molar refractivity (Wildman–Crippen MR) is 112 cm³/mol. The maximum Gasteiger partial charge on any atom is 0.222 e. The van der Waals surface area contributed by atoms with E-state index in [1.165, 1.54) is 13.2 Å². The predicted octanol–water partition coefficient (Wildman–Crippen LogP) is 5.61. The topological polar surface area (TPSA) is 47.6 Å². The van der Waals surface area contributed by atoms with Crippen molar-refractivity contribution in [2.45, 2.75) is 51.4 Å². The van der Waals surface area contributed by atoms with Gasteiger partial charge in [0, 0.05) is 41.0 Å². The van der Waals surface area contributed by atoms with Crippen LogP contribution in [0, 0.1) is 11.7 Å². The van der Waals surface area contributed by atoms with Crippen molar-refractivity contribution in [3.8, 4) is 5.75 Å². The van der Waals surface area contributed by atoms with E-state index >= 15 is 0 Å². The van der Waals surface area contributed by atoms with E-state index in [-0.39, 0.29) is 23.7 Å². The molecule has 1 heterocycles. The van der Waals surface area contributed by atoms with E-state index in [1.807, 2.05) is 45.0 Å². The molecule has 6 heteroatoms. The SMILES string of the molecule is COc1ccc([C@H]2C[C@@](C)(NC(=O)C(C)C)C[C@@H](c3ccc(Cl)cc3)O2)c(F)c1. The highest BCUT2D eigenvalue weighted by Gasteiger charge is 2.41. The number of hydrogen-bond acceptors (Lipinski definition) is 3. The van der Waals surface area contributed by atoms with E-state index in [1.54, 1.807) is 12.1 Å². The van der Waals surface area contributed by atoms with Crippen molar-refractivity contribution in [1.29, 1.82) is 0 Å². The summed E-state index contributed by atoms with van der Waals surface area (Å²) in [5.41, 5.74) is 0.855. The largest absolute Gasteiger partial charge is 0.497 e. The fourth-order valence-electron chi connectivity index (χ4n) is 3.69. The lowest BCUT2D eigenvalue weighted by Crippen LogP contribution is -2.52. The number of carbonyl (C=O) groups is 1. The molecule has 1 saturated heterocycles. The number of carbonyl (C=O) groups excluding carboxylic acids is 1. The number of hydrogen-bond donors (Lipinski definition) is 1. The number of halogens is 2. The molecule has 0 aliphatic carbocycles. The third-order valence-electron chi connectivity index (χ3n) is 5.35. The van der Waals surface area contributed by atoms with Crippen molar-refractivity contribution in [2.24, 2.45) is 5.92 Å². The van der Waals surface area contributed by atoms with E-state index < -0.39 is 11.6 Å². The molecule has 0 bridgehead atoms. The van der Waals surface area contributed by atoms with Gasteiger partial charge in [0.1, 0.15) is 11.6 Å². The third kappa shape index (κ3) is 5.09. The Balaban J connectivity index is 1.95. The van der Waals surface area contributed by atoms with E-state index in [4.69, 9.17) is 21.1 Å². The molecule has 1 amide bonds. The molecule has 1 aliphatic heterocycles. The number of methoxy groups -OCH3 is 1. The second-order valence-electron chi connectivity index (χ2n) is 8.17. The van der Waals surface area contributed by atoms with Crippen LogP contribution in [0.4, 0.5) is 4.39 Å². The maximum absolute atomic E-state index is 14.8. The first kappa shape index (κ1) is 21.6. The highest BCUT2D eigenvalue weighted by atomic mass is 35.5. The van der Waals surface area contributed by atoms with Gasteiger partial charge in [-0.3, -0.25) is 4.79 Å². The third-order valence-corrected chi connectivity index (χ3v) is 5.60. The molecule has 0 unspecified atom stereocenters. The molecule has 3 atom stereocenters. The molecule has 4 nitrogen and oxygen atoms in total. The number of amides is 1. The number of rotatable bonds is 5. The van der Waals surface area contributed by atoms with Crippen LogP contribution in [0.2, 0.25) is 5.02 Å². The number of benzene rings is 2. The van der Waals surface area contributed by atoms with Gasteiger partial charge in [-0.2, -0.15) is 0 Å². The van der Waals surface area contributed by atoms with Gasteiger partial charge in [-0.05, 0) is 36.8 Å². The van der Waals surface area contributed by atoms with Crippen molar-refractivity contribution >= 4 is 17.5 Å². The Kier molecular flexibility index (Phi) is 6.49. The Morgan fingerprint density at radius 1 is 1.21 bits per heavy atom. The average Bonchev–Trinajstić information content (AvgIpc) is 2.67. The lowest BCUT2D eigenvalue weighted by Gasteiger charge is -2.43. The Morgan fingerprint density at radius 3 is 2.45 bits per heavy atom. The standard InChI is InChI=1S/C23H27ClFNO3/c1-14(2)22(27)26-23(3)12-20(15-5-7-16(24)8-6-15)29-21(13-23)18-10-9-17(28-4)11-19(18)25/h5-11,14,20-21H,12-13H2,1-4H3,(H,26,27)/t20-,21+,23-/m0/s1. The minimum Gasteiger partial charge on any atom is -0.497 e. The fourth-order valence-corrected chi connectivity index (χ4v) is 3.82.